The molecule has 40 heavy (non-hydrogen) atoms. The third-order valence-electron chi connectivity index (χ3n) is 6.46. The van der Waals surface area contributed by atoms with Gasteiger partial charge in [0.15, 0.2) is 11.6 Å². The van der Waals surface area contributed by atoms with Crippen molar-refractivity contribution < 1.29 is 17.9 Å². The third-order valence-corrected chi connectivity index (χ3v) is 6.46. The molecule has 3 N–H and O–H groups in total. The van der Waals surface area contributed by atoms with Gasteiger partial charge in [0.1, 0.15) is 12.4 Å². The highest BCUT2D eigenvalue weighted by molar-refractivity contribution is 5.71. The lowest BCUT2D eigenvalue weighted by Gasteiger charge is -2.26. The maximum absolute atomic E-state index is 13.4. The summed E-state index contributed by atoms with van der Waals surface area (Å²) < 4.78 is 47.2. The number of unbranched alkanes of at least 4 members (excludes halogenated alkanes) is 1. The van der Waals surface area contributed by atoms with Gasteiger partial charge in [-0.15, -0.1) is 0 Å². The molecule has 11 heteroatoms. The van der Waals surface area contributed by atoms with Crippen LogP contribution in [0, 0.1) is 5.41 Å². The molecule has 1 fully saturated rings. The minimum atomic E-state index is -4.45. The van der Waals surface area contributed by atoms with Crippen LogP contribution in [0.1, 0.15) is 51.3 Å². The quantitative estimate of drug-likeness (QED) is 0.206. The van der Waals surface area contributed by atoms with E-state index in [1.807, 2.05) is 51.1 Å². The largest absolute Gasteiger partial charge is 0.474 e. The first-order chi connectivity index (χ1) is 19.0. The van der Waals surface area contributed by atoms with E-state index in [0.29, 0.717) is 38.1 Å². The molecule has 2 aromatic rings. The van der Waals surface area contributed by atoms with E-state index in [0.717, 1.165) is 57.5 Å². The Morgan fingerprint density at radius 3 is 2.60 bits per heavy atom. The molecular weight excluding hydrogens is 519 g/mol. The average molecular weight is 564 g/mol. The Morgan fingerprint density at radius 1 is 1.10 bits per heavy atom. The monoisotopic (exact) mass is 563 g/mol. The predicted octanol–water partition coefficient (Wildman–Crippen LogP) is 4.88. The zero-order valence-corrected chi connectivity index (χ0v) is 24.0. The van der Waals surface area contributed by atoms with Crippen LogP contribution in [0.2, 0.25) is 0 Å². The second-order valence-corrected chi connectivity index (χ2v) is 11.3. The molecule has 0 aliphatic carbocycles. The maximum atomic E-state index is 13.4. The summed E-state index contributed by atoms with van der Waals surface area (Å²) in [4.78, 5) is 8.74. The molecule has 0 spiro atoms. The first-order valence-electron chi connectivity index (χ1n) is 14.0. The first kappa shape index (κ1) is 31.5. The summed E-state index contributed by atoms with van der Waals surface area (Å²) in [5.74, 6) is 0.885. The second kappa shape index (κ2) is 15.1. The molecule has 2 heterocycles. The minimum absolute atomic E-state index is 0.179. The molecule has 0 unspecified atom stereocenters. The SMILES string of the molecule is CC(C)(C)Cn1nc(C(F)(F)F)cc1N1CCCN(CCCCNCN=C/C=C(\N)OCc2ccccc2)CC1. The van der Waals surface area contributed by atoms with E-state index in [1.165, 1.54) is 10.7 Å². The number of nitrogens with two attached hydrogens (primary N) is 1. The van der Waals surface area contributed by atoms with Gasteiger partial charge in [-0.25, -0.2) is 4.68 Å². The van der Waals surface area contributed by atoms with Gasteiger partial charge in [0, 0.05) is 44.5 Å². The van der Waals surface area contributed by atoms with E-state index < -0.39 is 11.9 Å². The molecule has 0 atom stereocenters. The van der Waals surface area contributed by atoms with Gasteiger partial charge in [0.25, 0.3) is 0 Å². The number of aliphatic imine (C=N–C) groups is 1. The fourth-order valence-corrected chi connectivity index (χ4v) is 4.49. The summed E-state index contributed by atoms with van der Waals surface area (Å²) >= 11 is 0. The summed E-state index contributed by atoms with van der Waals surface area (Å²) in [5, 5.41) is 7.22. The van der Waals surface area contributed by atoms with Crippen LogP contribution < -0.4 is 16.0 Å². The lowest BCUT2D eigenvalue weighted by molar-refractivity contribution is -0.141. The number of halogens is 3. The fraction of sp³-hybridized carbons (Fsp3) is 0.586. The number of hydrogen-bond donors (Lipinski definition) is 2. The van der Waals surface area contributed by atoms with E-state index >= 15 is 0 Å². The zero-order chi connectivity index (χ0) is 29.0. The Hall–Kier alpha value is -3.05. The van der Waals surface area contributed by atoms with E-state index in [1.54, 1.807) is 12.3 Å². The molecule has 0 amide bonds. The number of nitrogens with one attached hydrogen (secondary N) is 1. The van der Waals surface area contributed by atoms with Crippen molar-refractivity contribution in [1.29, 1.82) is 0 Å². The first-order valence-corrected chi connectivity index (χ1v) is 14.0. The number of nitrogens with zero attached hydrogens (tertiary/aromatic N) is 5. The average Bonchev–Trinajstić information content (AvgIpc) is 3.16. The smallest absolute Gasteiger partial charge is 0.435 e. The van der Waals surface area contributed by atoms with Crippen molar-refractivity contribution in [3.63, 3.8) is 0 Å². The van der Waals surface area contributed by atoms with Crippen LogP contribution in [0.5, 0.6) is 0 Å². The van der Waals surface area contributed by atoms with Gasteiger partial charge in [0.2, 0.25) is 0 Å². The third kappa shape index (κ3) is 11.2. The van der Waals surface area contributed by atoms with Crippen LogP contribution in [0.3, 0.4) is 0 Å². The van der Waals surface area contributed by atoms with Crippen LogP contribution in [0.25, 0.3) is 0 Å². The molecule has 0 bridgehead atoms. The molecule has 1 aromatic heterocycles. The molecule has 0 radical (unpaired) electrons. The van der Waals surface area contributed by atoms with Gasteiger partial charge in [0.05, 0.1) is 6.67 Å². The molecular formula is C29H44F3N7O. The van der Waals surface area contributed by atoms with Gasteiger partial charge < -0.3 is 20.3 Å². The predicted molar refractivity (Wildman–Crippen MR) is 154 cm³/mol. The Balaban J connectivity index is 1.34. The topological polar surface area (TPSA) is 83.9 Å². The van der Waals surface area contributed by atoms with Gasteiger partial charge in [-0.2, -0.15) is 18.3 Å². The Morgan fingerprint density at radius 2 is 1.88 bits per heavy atom. The Bertz CT molecular complexity index is 1080. The van der Waals surface area contributed by atoms with Gasteiger partial charge >= 0.3 is 6.18 Å². The van der Waals surface area contributed by atoms with Crippen LogP contribution in [0.4, 0.5) is 19.0 Å². The number of ether oxygens (including phenoxy) is 1. The molecule has 1 saturated heterocycles. The van der Waals surface area contributed by atoms with E-state index in [-0.39, 0.29) is 5.41 Å². The number of allylic oxidation sites excluding steroid dienone is 1. The number of alkyl halides is 3. The summed E-state index contributed by atoms with van der Waals surface area (Å²) in [6, 6.07) is 11.0. The van der Waals surface area contributed by atoms with E-state index in [2.05, 4.69) is 25.2 Å². The van der Waals surface area contributed by atoms with Crippen LogP contribution >= 0.6 is 0 Å². The Kier molecular flexibility index (Phi) is 11.9. The molecule has 8 nitrogen and oxygen atoms in total. The number of hydrogen-bond acceptors (Lipinski definition) is 7. The van der Waals surface area contributed by atoms with Crippen molar-refractivity contribution in [2.75, 3.05) is 50.8 Å². The highest BCUT2D eigenvalue weighted by atomic mass is 19.4. The summed E-state index contributed by atoms with van der Waals surface area (Å²) in [6.07, 6.45) is 1.80. The summed E-state index contributed by atoms with van der Waals surface area (Å²) in [6.45, 7) is 12.4. The number of aromatic nitrogens is 2. The molecule has 3 rings (SSSR count). The lowest BCUT2D eigenvalue weighted by Crippen LogP contribution is -2.33. The number of anilines is 1. The molecule has 1 aliphatic heterocycles. The molecule has 222 valence electrons. The maximum Gasteiger partial charge on any atom is 0.435 e. The fourth-order valence-electron chi connectivity index (χ4n) is 4.49. The zero-order valence-electron chi connectivity index (χ0n) is 24.0. The standard InChI is InChI=1S/C29H44F3N7O/c1-28(2,3)22-39-27(20-25(36-39)29(30,31)32)38-17-9-16-37(18-19-38)15-8-7-13-34-23-35-14-12-26(33)40-21-24-10-5-4-6-11-24/h4-6,10-12,14,20,34H,7-9,13,15-19,21-23,33H2,1-3H3/b26-12+,35-14?. The highest BCUT2D eigenvalue weighted by Crippen LogP contribution is 2.33. The van der Waals surface area contributed by atoms with Gasteiger partial charge in [-0.1, -0.05) is 51.1 Å². The van der Waals surface area contributed by atoms with Crippen LogP contribution in [-0.2, 0) is 24.1 Å². The minimum Gasteiger partial charge on any atom is -0.474 e. The van der Waals surface area contributed by atoms with Gasteiger partial charge in [-0.3, -0.25) is 10.3 Å². The second-order valence-electron chi connectivity index (χ2n) is 11.3. The van der Waals surface area contributed by atoms with E-state index in [4.69, 9.17) is 10.5 Å². The summed E-state index contributed by atoms with van der Waals surface area (Å²) in [7, 11) is 0. The number of rotatable bonds is 13. The van der Waals surface area contributed by atoms with Crippen molar-refractivity contribution in [1.82, 2.24) is 20.0 Å². The van der Waals surface area contributed by atoms with Crippen LogP contribution in [-0.4, -0.2) is 66.8 Å². The van der Waals surface area contributed by atoms with Crippen molar-refractivity contribution in [2.45, 2.75) is 59.4 Å². The van der Waals surface area contributed by atoms with Gasteiger partial charge in [-0.05, 0) is 49.9 Å². The summed E-state index contributed by atoms with van der Waals surface area (Å²) in [5.41, 5.74) is 5.90. The molecule has 1 aliphatic rings. The highest BCUT2D eigenvalue weighted by Gasteiger charge is 2.36. The Labute approximate surface area is 236 Å². The molecule has 1 aromatic carbocycles. The van der Waals surface area contributed by atoms with Crippen molar-refractivity contribution in [2.24, 2.45) is 16.1 Å². The number of benzene rings is 1. The van der Waals surface area contributed by atoms with Crippen molar-refractivity contribution in [3.8, 4) is 0 Å². The normalized spacial score (nSPS) is 16.1. The molecule has 0 saturated carbocycles. The van der Waals surface area contributed by atoms with E-state index in [9.17, 15) is 13.2 Å². The lowest BCUT2D eigenvalue weighted by atomic mass is 9.97. The van der Waals surface area contributed by atoms with Crippen molar-refractivity contribution in [3.05, 3.63) is 59.6 Å². The van der Waals surface area contributed by atoms with Crippen LogP contribution in [0.15, 0.2) is 53.3 Å². The van der Waals surface area contributed by atoms with Crippen molar-refractivity contribution >= 4 is 12.0 Å².